The Kier molecular flexibility index (Phi) is 5.60. The molecular formula is C16H27N3O2. The number of amides is 1. The van der Waals surface area contributed by atoms with Gasteiger partial charge >= 0.3 is 0 Å². The molecular weight excluding hydrogens is 266 g/mol. The quantitative estimate of drug-likeness (QED) is 0.825. The Balaban J connectivity index is 1.87. The SMILES string of the molecule is CN(CC(=O)NC1(C#N)CCCCC1)C1CCCCC1O. The second-order valence-corrected chi connectivity index (χ2v) is 6.64. The minimum Gasteiger partial charge on any atom is -0.391 e. The van der Waals surface area contributed by atoms with Crippen LogP contribution in [0.5, 0.6) is 0 Å². The van der Waals surface area contributed by atoms with E-state index >= 15 is 0 Å². The predicted octanol–water partition coefficient (Wildman–Crippen LogP) is 1.56. The Morgan fingerprint density at radius 3 is 2.57 bits per heavy atom. The van der Waals surface area contributed by atoms with Crippen molar-refractivity contribution in [3.63, 3.8) is 0 Å². The van der Waals surface area contributed by atoms with Crippen LogP contribution in [0.2, 0.25) is 0 Å². The second-order valence-electron chi connectivity index (χ2n) is 6.64. The summed E-state index contributed by atoms with van der Waals surface area (Å²) in [5, 5.41) is 22.4. The van der Waals surface area contributed by atoms with Crippen LogP contribution in [0.3, 0.4) is 0 Å². The molecule has 2 saturated carbocycles. The van der Waals surface area contributed by atoms with Gasteiger partial charge in [0.25, 0.3) is 0 Å². The summed E-state index contributed by atoms with van der Waals surface area (Å²) in [5.41, 5.74) is -0.665. The van der Waals surface area contributed by atoms with E-state index < -0.39 is 5.54 Å². The largest absolute Gasteiger partial charge is 0.391 e. The Bertz CT molecular complexity index is 399. The van der Waals surface area contributed by atoms with E-state index in [-0.39, 0.29) is 24.6 Å². The normalized spacial score (nSPS) is 28.9. The van der Waals surface area contributed by atoms with Crippen molar-refractivity contribution in [3.8, 4) is 6.07 Å². The first kappa shape index (κ1) is 16.3. The third-order valence-electron chi connectivity index (χ3n) is 4.95. The highest BCUT2D eigenvalue weighted by atomic mass is 16.3. The number of aliphatic hydroxyl groups is 1. The molecule has 2 aliphatic rings. The molecule has 1 amide bonds. The van der Waals surface area contributed by atoms with Crippen molar-refractivity contribution in [2.75, 3.05) is 13.6 Å². The van der Waals surface area contributed by atoms with Gasteiger partial charge in [0.15, 0.2) is 0 Å². The van der Waals surface area contributed by atoms with Crippen LogP contribution in [0.1, 0.15) is 57.8 Å². The van der Waals surface area contributed by atoms with E-state index in [2.05, 4.69) is 11.4 Å². The summed E-state index contributed by atoms with van der Waals surface area (Å²) in [4.78, 5) is 14.2. The number of rotatable bonds is 4. The van der Waals surface area contributed by atoms with Gasteiger partial charge in [0.05, 0.1) is 18.7 Å². The number of aliphatic hydroxyl groups excluding tert-OH is 1. The molecule has 0 aromatic heterocycles. The number of hydrogen-bond donors (Lipinski definition) is 2. The van der Waals surface area contributed by atoms with Crippen molar-refractivity contribution in [2.45, 2.75) is 75.5 Å². The Morgan fingerprint density at radius 2 is 1.95 bits per heavy atom. The highest BCUT2D eigenvalue weighted by Gasteiger charge is 2.34. The first-order valence-electron chi connectivity index (χ1n) is 8.17. The zero-order valence-corrected chi connectivity index (χ0v) is 13.0. The summed E-state index contributed by atoms with van der Waals surface area (Å²) in [7, 11) is 1.89. The summed E-state index contributed by atoms with van der Waals surface area (Å²) < 4.78 is 0. The first-order valence-corrected chi connectivity index (χ1v) is 8.17. The lowest BCUT2D eigenvalue weighted by molar-refractivity contribution is -0.124. The standard InChI is InChI=1S/C16H27N3O2/c1-19(13-7-3-4-8-14(13)20)11-15(21)18-16(12-17)9-5-2-6-10-16/h13-14,20H,2-11H2,1H3,(H,18,21). The molecule has 2 fully saturated rings. The molecule has 0 radical (unpaired) electrons. The Hall–Kier alpha value is -1.12. The van der Waals surface area contributed by atoms with Gasteiger partial charge in [-0.05, 0) is 32.7 Å². The summed E-state index contributed by atoms with van der Waals surface area (Å²) in [6, 6.07) is 2.37. The van der Waals surface area contributed by atoms with E-state index in [1.54, 1.807) is 0 Å². The lowest BCUT2D eigenvalue weighted by Gasteiger charge is -2.36. The molecule has 0 aromatic rings. The van der Waals surface area contributed by atoms with E-state index in [4.69, 9.17) is 0 Å². The van der Waals surface area contributed by atoms with Crippen molar-refractivity contribution >= 4 is 5.91 Å². The van der Waals surface area contributed by atoms with Crippen molar-refractivity contribution < 1.29 is 9.90 Å². The van der Waals surface area contributed by atoms with Crippen LogP contribution in [-0.2, 0) is 4.79 Å². The van der Waals surface area contributed by atoms with Crippen molar-refractivity contribution in [1.82, 2.24) is 10.2 Å². The average molecular weight is 293 g/mol. The molecule has 2 atom stereocenters. The van der Waals surface area contributed by atoms with Crippen molar-refractivity contribution in [3.05, 3.63) is 0 Å². The molecule has 2 rings (SSSR count). The molecule has 0 saturated heterocycles. The van der Waals surface area contributed by atoms with Crippen LogP contribution < -0.4 is 5.32 Å². The van der Waals surface area contributed by atoms with Gasteiger partial charge in [0.1, 0.15) is 5.54 Å². The minimum absolute atomic E-state index is 0.0638. The Labute approximate surface area is 127 Å². The maximum atomic E-state index is 12.2. The van der Waals surface area contributed by atoms with Gasteiger partial charge in [0.2, 0.25) is 5.91 Å². The first-order chi connectivity index (χ1) is 10.1. The number of nitrogens with one attached hydrogen (secondary N) is 1. The zero-order chi connectivity index (χ0) is 15.3. The molecule has 2 aliphatic carbocycles. The number of likely N-dealkylation sites (N-methyl/N-ethyl adjacent to an activating group) is 1. The van der Waals surface area contributed by atoms with Crippen molar-refractivity contribution in [2.24, 2.45) is 0 Å². The smallest absolute Gasteiger partial charge is 0.235 e. The van der Waals surface area contributed by atoms with Gasteiger partial charge in [-0.1, -0.05) is 32.1 Å². The number of carbonyl (C=O) groups is 1. The lowest BCUT2D eigenvalue weighted by Crippen LogP contribution is -2.53. The fourth-order valence-electron chi connectivity index (χ4n) is 3.68. The molecule has 5 heteroatoms. The highest BCUT2D eigenvalue weighted by molar-refractivity contribution is 5.79. The summed E-state index contributed by atoms with van der Waals surface area (Å²) >= 11 is 0. The van der Waals surface area contributed by atoms with Crippen LogP contribution in [-0.4, -0.2) is 47.2 Å². The second kappa shape index (κ2) is 7.24. The number of carbonyl (C=O) groups excluding carboxylic acids is 1. The topological polar surface area (TPSA) is 76.4 Å². The van der Waals surface area contributed by atoms with Gasteiger partial charge in [-0.2, -0.15) is 5.26 Å². The third-order valence-corrected chi connectivity index (χ3v) is 4.95. The molecule has 2 unspecified atom stereocenters. The van der Waals surface area contributed by atoms with Gasteiger partial charge in [-0.3, -0.25) is 9.69 Å². The molecule has 2 N–H and O–H groups in total. The average Bonchev–Trinajstić information content (AvgIpc) is 2.48. The monoisotopic (exact) mass is 293 g/mol. The van der Waals surface area contributed by atoms with Gasteiger partial charge in [0, 0.05) is 6.04 Å². The summed E-state index contributed by atoms with van der Waals surface area (Å²) in [6.45, 7) is 0.255. The maximum absolute atomic E-state index is 12.2. The molecule has 0 aliphatic heterocycles. The molecule has 0 spiro atoms. The van der Waals surface area contributed by atoms with Gasteiger partial charge in [-0.15, -0.1) is 0 Å². The molecule has 21 heavy (non-hydrogen) atoms. The molecule has 5 nitrogen and oxygen atoms in total. The van der Waals surface area contributed by atoms with Crippen LogP contribution in [0, 0.1) is 11.3 Å². The fourth-order valence-corrected chi connectivity index (χ4v) is 3.68. The predicted molar refractivity (Wildman–Crippen MR) is 80.5 cm³/mol. The van der Waals surface area contributed by atoms with Crippen molar-refractivity contribution in [1.29, 1.82) is 5.26 Å². The van der Waals surface area contributed by atoms with E-state index in [9.17, 15) is 15.2 Å². The molecule has 0 bridgehead atoms. The van der Waals surface area contributed by atoms with E-state index in [0.717, 1.165) is 57.8 Å². The molecule has 0 aromatic carbocycles. The maximum Gasteiger partial charge on any atom is 0.235 e. The number of nitriles is 1. The van der Waals surface area contributed by atoms with E-state index in [1.807, 2.05) is 11.9 Å². The van der Waals surface area contributed by atoms with Gasteiger partial charge < -0.3 is 10.4 Å². The molecule has 118 valence electrons. The summed E-state index contributed by atoms with van der Waals surface area (Å²) in [5.74, 6) is -0.0984. The minimum atomic E-state index is -0.665. The van der Waals surface area contributed by atoms with Gasteiger partial charge in [-0.25, -0.2) is 0 Å². The van der Waals surface area contributed by atoms with Crippen LogP contribution in [0.4, 0.5) is 0 Å². The Morgan fingerprint density at radius 1 is 1.29 bits per heavy atom. The van der Waals surface area contributed by atoms with E-state index in [0.29, 0.717) is 0 Å². The lowest BCUT2D eigenvalue weighted by atomic mass is 9.83. The zero-order valence-electron chi connectivity index (χ0n) is 13.0. The third kappa shape index (κ3) is 4.18. The number of hydrogen-bond acceptors (Lipinski definition) is 4. The summed E-state index contributed by atoms with van der Waals surface area (Å²) in [6.07, 6.45) is 8.26. The fraction of sp³-hybridized carbons (Fsp3) is 0.875. The highest BCUT2D eigenvalue weighted by Crippen LogP contribution is 2.27. The van der Waals surface area contributed by atoms with Crippen LogP contribution >= 0.6 is 0 Å². The molecule has 0 heterocycles. The number of nitrogens with zero attached hydrogens (tertiary/aromatic N) is 2. The van der Waals surface area contributed by atoms with Crippen LogP contribution in [0.25, 0.3) is 0 Å². The van der Waals surface area contributed by atoms with Crippen LogP contribution in [0.15, 0.2) is 0 Å². The van der Waals surface area contributed by atoms with E-state index in [1.165, 1.54) is 0 Å².